The number of thiophene rings is 1. The van der Waals surface area contributed by atoms with E-state index in [1.165, 1.54) is 28.0 Å². The average molecular weight is 398 g/mol. The van der Waals surface area contributed by atoms with Crippen molar-refractivity contribution in [3.05, 3.63) is 26.6 Å². The molecule has 1 atom stereocenters. The summed E-state index contributed by atoms with van der Waals surface area (Å²) >= 11 is 2.82. The van der Waals surface area contributed by atoms with Gasteiger partial charge < -0.3 is 15.0 Å². The van der Waals surface area contributed by atoms with Gasteiger partial charge in [0.05, 0.1) is 16.4 Å². The van der Waals surface area contributed by atoms with Gasteiger partial charge in [-0.15, -0.1) is 23.1 Å². The van der Waals surface area contributed by atoms with Gasteiger partial charge in [0.1, 0.15) is 17.2 Å². The van der Waals surface area contributed by atoms with E-state index in [4.69, 9.17) is 5.11 Å². The van der Waals surface area contributed by atoms with Gasteiger partial charge in [-0.25, -0.2) is 4.98 Å². The lowest BCUT2D eigenvalue weighted by molar-refractivity contribution is -0.144. The highest BCUT2D eigenvalue weighted by molar-refractivity contribution is 7.99. The summed E-state index contributed by atoms with van der Waals surface area (Å²) in [6, 6.07) is 0. The van der Waals surface area contributed by atoms with Crippen molar-refractivity contribution >= 4 is 45.2 Å². The molecule has 2 N–H and O–H groups in total. The van der Waals surface area contributed by atoms with Gasteiger partial charge >= 0.3 is 5.97 Å². The van der Waals surface area contributed by atoms with Crippen LogP contribution in [0.25, 0.3) is 10.2 Å². The smallest absolute Gasteiger partial charge is 0.323 e. The third-order valence-corrected chi connectivity index (χ3v) is 6.28. The normalized spacial score (nSPS) is 12.3. The van der Waals surface area contributed by atoms with E-state index >= 15 is 0 Å². The summed E-state index contributed by atoms with van der Waals surface area (Å²) in [6.45, 7) is 7.62. The van der Waals surface area contributed by atoms with Crippen LogP contribution in [0.2, 0.25) is 0 Å². The van der Waals surface area contributed by atoms with Gasteiger partial charge in [0, 0.05) is 11.4 Å². The number of nitrogens with zero attached hydrogens (tertiary/aromatic N) is 2. The Kier molecular flexibility index (Phi) is 6.82. The second-order valence-corrected chi connectivity index (χ2v) is 8.62. The molecule has 1 amide bonds. The minimum atomic E-state index is -1.02. The minimum Gasteiger partial charge on any atom is -0.480 e. The first-order chi connectivity index (χ1) is 12.2. The molecule has 0 fully saturated rings. The number of rotatable bonds is 8. The molecule has 0 saturated carbocycles. The second-order valence-electron chi connectivity index (χ2n) is 6.08. The van der Waals surface area contributed by atoms with Crippen LogP contribution in [0, 0.1) is 13.8 Å². The lowest BCUT2D eigenvalue weighted by atomic mass is 10.2. The molecule has 2 rings (SSSR count). The highest BCUT2D eigenvalue weighted by atomic mass is 32.2. The molecule has 142 valence electrons. The maximum absolute atomic E-state index is 12.5. The van der Waals surface area contributed by atoms with Crippen molar-refractivity contribution in [2.24, 2.45) is 0 Å². The molecule has 9 heteroatoms. The quantitative estimate of drug-likeness (QED) is 0.709. The molecule has 2 aromatic rings. The molecule has 0 bridgehead atoms. The number of aromatic nitrogens is 2. The maximum Gasteiger partial charge on any atom is 0.323 e. The first-order valence-corrected chi connectivity index (χ1v) is 10.2. The van der Waals surface area contributed by atoms with Crippen molar-refractivity contribution in [3.63, 3.8) is 0 Å². The molecule has 2 heterocycles. The number of carboxylic acid groups (broad SMARTS) is 1. The molecule has 0 radical (unpaired) electrons. The number of H-pyrrole nitrogens is 1. The number of aromatic amines is 1. The fourth-order valence-electron chi connectivity index (χ4n) is 2.60. The van der Waals surface area contributed by atoms with E-state index in [0.29, 0.717) is 34.8 Å². The van der Waals surface area contributed by atoms with E-state index in [9.17, 15) is 14.4 Å². The van der Waals surface area contributed by atoms with Gasteiger partial charge in [-0.3, -0.25) is 14.4 Å². The Balaban J connectivity index is 2.09. The zero-order chi connectivity index (χ0) is 19.4. The summed E-state index contributed by atoms with van der Waals surface area (Å²) in [5, 5.41) is 9.16. The predicted molar refractivity (Wildman–Crippen MR) is 105 cm³/mol. The topological polar surface area (TPSA) is 103 Å². The van der Waals surface area contributed by atoms with Crippen LogP contribution in [0.5, 0.6) is 0 Å². The number of aliphatic carboxylic acids is 1. The lowest BCUT2D eigenvalue weighted by Gasteiger charge is -2.23. The monoisotopic (exact) mass is 397 g/mol. The van der Waals surface area contributed by atoms with E-state index in [-0.39, 0.29) is 18.0 Å². The number of nitrogens with one attached hydrogen (secondary N) is 1. The second kappa shape index (κ2) is 8.68. The van der Waals surface area contributed by atoms with Crippen LogP contribution in [0.1, 0.15) is 36.5 Å². The highest BCUT2D eigenvalue weighted by Gasteiger charge is 2.22. The fourth-order valence-corrected chi connectivity index (χ4v) is 4.49. The average Bonchev–Trinajstić information content (AvgIpc) is 2.85. The van der Waals surface area contributed by atoms with Crippen LogP contribution in [-0.2, 0) is 15.3 Å². The Bertz CT molecular complexity index is 875. The van der Waals surface area contributed by atoms with Crippen LogP contribution < -0.4 is 5.56 Å². The highest BCUT2D eigenvalue weighted by Crippen LogP contribution is 2.26. The summed E-state index contributed by atoms with van der Waals surface area (Å²) < 4.78 is 0. The lowest BCUT2D eigenvalue weighted by Crippen LogP contribution is -2.40. The summed E-state index contributed by atoms with van der Waals surface area (Å²) in [5.74, 6) is -0.343. The number of hydrogen-bond donors (Lipinski definition) is 2. The molecular weight excluding hydrogens is 374 g/mol. The molecular formula is C17H23N3O4S2. The van der Waals surface area contributed by atoms with Crippen molar-refractivity contribution in [1.29, 1.82) is 0 Å². The first-order valence-electron chi connectivity index (χ1n) is 8.35. The van der Waals surface area contributed by atoms with Gasteiger partial charge in [-0.1, -0.05) is 6.92 Å². The van der Waals surface area contributed by atoms with Crippen molar-refractivity contribution in [2.45, 2.75) is 45.1 Å². The van der Waals surface area contributed by atoms with Gasteiger partial charge in [0.25, 0.3) is 5.56 Å². The largest absolute Gasteiger partial charge is 0.480 e. The van der Waals surface area contributed by atoms with Crippen molar-refractivity contribution in [1.82, 2.24) is 14.9 Å². The van der Waals surface area contributed by atoms with Crippen molar-refractivity contribution in [3.8, 4) is 0 Å². The predicted octanol–water partition coefficient (Wildman–Crippen LogP) is 2.55. The molecule has 26 heavy (non-hydrogen) atoms. The van der Waals surface area contributed by atoms with E-state index in [1.807, 2.05) is 20.8 Å². The third-order valence-electron chi connectivity index (χ3n) is 4.04. The number of carboxylic acids is 1. The first kappa shape index (κ1) is 20.4. The van der Waals surface area contributed by atoms with Gasteiger partial charge in [-0.2, -0.15) is 0 Å². The van der Waals surface area contributed by atoms with Gasteiger partial charge in [0.2, 0.25) is 5.91 Å². The summed E-state index contributed by atoms with van der Waals surface area (Å²) in [7, 11) is 0. The SMILES string of the molecule is CCCN(CC(=O)O)C(=O)C(C)SCc1nc2sc(C)c(C)c2c(=O)[nH]1. The van der Waals surface area contributed by atoms with Gasteiger partial charge in [0.15, 0.2) is 0 Å². The molecule has 0 aliphatic heterocycles. The number of hydrogen-bond acceptors (Lipinski definition) is 6. The van der Waals surface area contributed by atoms with Crippen molar-refractivity contribution in [2.75, 3.05) is 13.1 Å². The van der Waals surface area contributed by atoms with Crippen LogP contribution in [0.3, 0.4) is 0 Å². The van der Waals surface area contributed by atoms with Crippen LogP contribution >= 0.6 is 23.1 Å². The standard InChI is InChI=1S/C17H23N3O4S2/c1-5-6-20(7-13(21)22)17(24)11(4)25-8-12-18-15(23)14-9(2)10(3)26-16(14)19-12/h11H,5-8H2,1-4H3,(H,21,22)(H,18,19,23). The molecule has 2 aromatic heterocycles. The van der Waals surface area contributed by atoms with Crippen molar-refractivity contribution < 1.29 is 14.7 Å². The Labute approximate surface area is 159 Å². The Hall–Kier alpha value is -1.87. The maximum atomic E-state index is 12.5. The molecule has 0 aliphatic carbocycles. The summed E-state index contributed by atoms with van der Waals surface area (Å²) in [5.41, 5.74) is 0.787. The number of amides is 1. The molecule has 1 unspecified atom stereocenters. The zero-order valence-electron chi connectivity index (χ0n) is 15.3. The molecule has 7 nitrogen and oxygen atoms in total. The minimum absolute atomic E-state index is 0.162. The number of aryl methyl sites for hydroxylation is 2. The Morgan fingerprint density at radius 2 is 2.08 bits per heavy atom. The number of carbonyl (C=O) groups is 2. The van der Waals surface area contributed by atoms with E-state index < -0.39 is 11.2 Å². The molecule has 0 aliphatic rings. The van der Waals surface area contributed by atoms with Crippen LogP contribution in [0.15, 0.2) is 4.79 Å². The number of thioether (sulfide) groups is 1. The molecule has 0 spiro atoms. The fraction of sp³-hybridized carbons (Fsp3) is 0.529. The number of carbonyl (C=O) groups excluding carboxylic acids is 1. The van der Waals surface area contributed by atoms with E-state index in [0.717, 1.165) is 10.4 Å². The van der Waals surface area contributed by atoms with Gasteiger partial charge in [-0.05, 0) is 32.8 Å². The Morgan fingerprint density at radius 3 is 2.69 bits per heavy atom. The third kappa shape index (κ3) is 4.64. The molecule has 0 aromatic carbocycles. The Morgan fingerprint density at radius 1 is 1.38 bits per heavy atom. The van der Waals surface area contributed by atoms with Crippen LogP contribution in [0.4, 0.5) is 0 Å². The van der Waals surface area contributed by atoms with Crippen LogP contribution in [-0.4, -0.2) is 50.2 Å². The van der Waals surface area contributed by atoms with E-state index in [2.05, 4.69) is 9.97 Å². The summed E-state index contributed by atoms with van der Waals surface area (Å²) in [4.78, 5) is 46.1. The summed E-state index contributed by atoms with van der Waals surface area (Å²) in [6.07, 6.45) is 0.693. The zero-order valence-corrected chi connectivity index (χ0v) is 16.9. The van der Waals surface area contributed by atoms with E-state index in [1.54, 1.807) is 6.92 Å². The molecule has 0 saturated heterocycles. The number of fused-ring (bicyclic) bond motifs is 1.